The lowest BCUT2D eigenvalue weighted by Gasteiger charge is -2.27. The summed E-state index contributed by atoms with van der Waals surface area (Å²) in [4.78, 5) is 0. The smallest absolute Gasteiger partial charge is 0.0877 e. The Morgan fingerprint density at radius 3 is 2.43 bits per heavy atom. The third kappa shape index (κ3) is 2.58. The lowest BCUT2D eigenvalue weighted by Crippen LogP contribution is -2.23. The third-order valence-electron chi connectivity index (χ3n) is 2.46. The van der Waals surface area contributed by atoms with E-state index in [-0.39, 0.29) is 5.60 Å². The molecule has 0 saturated heterocycles. The van der Waals surface area contributed by atoms with E-state index in [4.69, 9.17) is 4.74 Å². The molecule has 1 aromatic carbocycles. The minimum Gasteiger partial charge on any atom is -0.371 e. The molecule has 0 aromatic heterocycles. The van der Waals surface area contributed by atoms with E-state index < -0.39 is 0 Å². The zero-order valence-electron chi connectivity index (χ0n) is 9.63. The van der Waals surface area contributed by atoms with Crippen LogP contribution in [-0.2, 0) is 10.3 Å². The van der Waals surface area contributed by atoms with Gasteiger partial charge in [-0.3, -0.25) is 0 Å². The number of rotatable bonds is 4. The van der Waals surface area contributed by atoms with Gasteiger partial charge in [0.15, 0.2) is 0 Å². The molecule has 0 aliphatic heterocycles. The SMILES string of the molecule is CCCOC(C)(C)c1ccccc1C. The second-order valence-corrected chi connectivity index (χ2v) is 4.17. The largest absolute Gasteiger partial charge is 0.371 e. The van der Waals surface area contributed by atoms with Crippen molar-refractivity contribution in [2.75, 3.05) is 6.61 Å². The Balaban J connectivity index is 2.86. The molecule has 0 N–H and O–H groups in total. The molecule has 0 aliphatic carbocycles. The standard InChI is InChI=1S/C13H20O/c1-5-10-14-13(3,4)12-9-7-6-8-11(12)2/h6-9H,5,10H2,1-4H3. The molecule has 0 aliphatic rings. The summed E-state index contributed by atoms with van der Waals surface area (Å²) < 4.78 is 5.85. The quantitative estimate of drug-likeness (QED) is 0.707. The van der Waals surface area contributed by atoms with Crippen LogP contribution < -0.4 is 0 Å². The molecule has 14 heavy (non-hydrogen) atoms. The molecule has 78 valence electrons. The first-order valence-corrected chi connectivity index (χ1v) is 5.28. The van der Waals surface area contributed by atoms with Crippen LogP contribution in [0.3, 0.4) is 0 Å². The number of hydrogen-bond acceptors (Lipinski definition) is 1. The first-order chi connectivity index (χ1) is 6.58. The number of aryl methyl sites for hydroxylation is 1. The van der Waals surface area contributed by atoms with Crippen LogP contribution in [0.2, 0.25) is 0 Å². The molecule has 0 heterocycles. The Kier molecular flexibility index (Phi) is 3.70. The molecule has 0 unspecified atom stereocenters. The molecule has 1 aromatic rings. The summed E-state index contributed by atoms with van der Waals surface area (Å²) in [5.41, 5.74) is 2.42. The van der Waals surface area contributed by atoms with Gasteiger partial charge in [-0.25, -0.2) is 0 Å². The van der Waals surface area contributed by atoms with Gasteiger partial charge in [-0.05, 0) is 38.3 Å². The fourth-order valence-corrected chi connectivity index (χ4v) is 1.68. The third-order valence-corrected chi connectivity index (χ3v) is 2.46. The molecule has 0 amide bonds. The molecule has 0 atom stereocenters. The normalized spacial score (nSPS) is 11.7. The van der Waals surface area contributed by atoms with Gasteiger partial charge in [-0.1, -0.05) is 31.2 Å². The maximum Gasteiger partial charge on any atom is 0.0877 e. The maximum absolute atomic E-state index is 5.85. The number of hydrogen-bond donors (Lipinski definition) is 0. The van der Waals surface area contributed by atoms with Crippen LogP contribution in [0.1, 0.15) is 38.3 Å². The van der Waals surface area contributed by atoms with Crippen molar-refractivity contribution in [1.82, 2.24) is 0 Å². The van der Waals surface area contributed by atoms with Gasteiger partial charge in [-0.2, -0.15) is 0 Å². The van der Waals surface area contributed by atoms with Crippen molar-refractivity contribution in [3.05, 3.63) is 35.4 Å². The topological polar surface area (TPSA) is 9.23 Å². The average molecular weight is 192 g/mol. The molecule has 0 saturated carbocycles. The Hall–Kier alpha value is -0.820. The lowest BCUT2D eigenvalue weighted by molar-refractivity contribution is -0.0216. The Morgan fingerprint density at radius 2 is 1.86 bits per heavy atom. The van der Waals surface area contributed by atoms with Gasteiger partial charge >= 0.3 is 0 Å². The molecule has 0 radical (unpaired) electrons. The van der Waals surface area contributed by atoms with Gasteiger partial charge in [0.2, 0.25) is 0 Å². The van der Waals surface area contributed by atoms with E-state index in [1.54, 1.807) is 0 Å². The van der Waals surface area contributed by atoms with Crippen molar-refractivity contribution in [3.8, 4) is 0 Å². The van der Waals surface area contributed by atoms with Gasteiger partial charge in [0.25, 0.3) is 0 Å². The summed E-state index contributed by atoms with van der Waals surface area (Å²) in [5.74, 6) is 0. The van der Waals surface area contributed by atoms with Gasteiger partial charge in [0, 0.05) is 6.61 Å². The van der Waals surface area contributed by atoms with Gasteiger partial charge in [0.05, 0.1) is 5.60 Å². The summed E-state index contributed by atoms with van der Waals surface area (Å²) >= 11 is 0. The molecule has 1 nitrogen and oxygen atoms in total. The van der Waals surface area contributed by atoms with Crippen LogP contribution in [0, 0.1) is 6.92 Å². The zero-order valence-corrected chi connectivity index (χ0v) is 9.63. The van der Waals surface area contributed by atoms with E-state index in [9.17, 15) is 0 Å². The molecular formula is C13H20O. The highest BCUT2D eigenvalue weighted by Gasteiger charge is 2.21. The van der Waals surface area contributed by atoms with E-state index >= 15 is 0 Å². The van der Waals surface area contributed by atoms with Crippen molar-refractivity contribution >= 4 is 0 Å². The number of benzene rings is 1. The van der Waals surface area contributed by atoms with Gasteiger partial charge in [-0.15, -0.1) is 0 Å². The Bertz CT molecular complexity index is 289. The lowest BCUT2D eigenvalue weighted by atomic mass is 9.94. The van der Waals surface area contributed by atoms with Crippen LogP contribution in [0.25, 0.3) is 0 Å². The molecule has 1 rings (SSSR count). The summed E-state index contributed by atoms with van der Waals surface area (Å²) in [6.07, 6.45) is 1.06. The van der Waals surface area contributed by atoms with E-state index in [1.165, 1.54) is 11.1 Å². The van der Waals surface area contributed by atoms with Crippen LogP contribution >= 0.6 is 0 Å². The van der Waals surface area contributed by atoms with Crippen molar-refractivity contribution < 1.29 is 4.74 Å². The minimum absolute atomic E-state index is 0.165. The van der Waals surface area contributed by atoms with Gasteiger partial charge < -0.3 is 4.74 Å². The summed E-state index contributed by atoms with van der Waals surface area (Å²) in [6.45, 7) is 9.34. The fourth-order valence-electron chi connectivity index (χ4n) is 1.68. The summed E-state index contributed by atoms with van der Waals surface area (Å²) in [7, 11) is 0. The monoisotopic (exact) mass is 192 g/mol. The average Bonchev–Trinajstić information content (AvgIpc) is 2.15. The van der Waals surface area contributed by atoms with Gasteiger partial charge in [0.1, 0.15) is 0 Å². The van der Waals surface area contributed by atoms with Crippen LogP contribution in [0.5, 0.6) is 0 Å². The minimum atomic E-state index is -0.165. The molecule has 1 heteroatoms. The second-order valence-electron chi connectivity index (χ2n) is 4.17. The molecule has 0 spiro atoms. The Labute approximate surface area is 87.1 Å². The van der Waals surface area contributed by atoms with E-state index in [1.807, 2.05) is 0 Å². The predicted molar refractivity (Wildman–Crippen MR) is 60.4 cm³/mol. The second kappa shape index (κ2) is 4.61. The first-order valence-electron chi connectivity index (χ1n) is 5.28. The molecule has 0 bridgehead atoms. The number of ether oxygens (including phenoxy) is 1. The Morgan fingerprint density at radius 1 is 1.21 bits per heavy atom. The highest BCUT2D eigenvalue weighted by atomic mass is 16.5. The molecular weight excluding hydrogens is 172 g/mol. The van der Waals surface area contributed by atoms with Crippen molar-refractivity contribution in [2.45, 2.75) is 39.7 Å². The first kappa shape index (κ1) is 11.3. The zero-order chi connectivity index (χ0) is 10.6. The highest BCUT2D eigenvalue weighted by molar-refractivity contribution is 5.30. The van der Waals surface area contributed by atoms with Crippen LogP contribution in [0.4, 0.5) is 0 Å². The van der Waals surface area contributed by atoms with E-state index in [0.29, 0.717) is 0 Å². The highest BCUT2D eigenvalue weighted by Crippen LogP contribution is 2.27. The summed E-state index contributed by atoms with van der Waals surface area (Å²) in [5, 5.41) is 0. The van der Waals surface area contributed by atoms with Crippen LogP contribution in [0.15, 0.2) is 24.3 Å². The van der Waals surface area contributed by atoms with Crippen molar-refractivity contribution in [1.29, 1.82) is 0 Å². The van der Waals surface area contributed by atoms with Crippen molar-refractivity contribution in [3.63, 3.8) is 0 Å². The predicted octanol–water partition coefficient (Wildman–Crippen LogP) is 3.66. The summed E-state index contributed by atoms with van der Waals surface area (Å²) in [6, 6.07) is 8.41. The van der Waals surface area contributed by atoms with E-state index in [0.717, 1.165) is 13.0 Å². The molecule has 0 fully saturated rings. The van der Waals surface area contributed by atoms with Crippen molar-refractivity contribution in [2.24, 2.45) is 0 Å². The fraction of sp³-hybridized carbons (Fsp3) is 0.538. The maximum atomic E-state index is 5.85. The van der Waals surface area contributed by atoms with E-state index in [2.05, 4.69) is 52.0 Å². The van der Waals surface area contributed by atoms with Crippen LogP contribution in [-0.4, -0.2) is 6.61 Å².